The van der Waals surface area contributed by atoms with E-state index >= 15 is 0 Å². The minimum absolute atomic E-state index is 0.0893. The van der Waals surface area contributed by atoms with E-state index in [1.54, 1.807) is 7.05 Å². The van der Waals surface area contributed by atoms with Gasteiger partial charge in [-0.1, -0.05) is 67.4 Å². The molecule has 0 saturated heterocycles. The van der Waals surface area contributed by atoms with Gasteiger partial charge in [-0.15, -0.1) is 10.2 Å². The lowest BCUT2D eigenvalue weighted by molar-refractivity contribution is -0.148. The standard InChI is InChI=1S/C25H28ClN7O2/c1-3-4-10-21-28-23(24(26)29-21)20(35-22(34)15-27-2)14-16-11-12-18(17-8-6-5-7-9-17)19(13-16)25-30-32-33-31-25/h5-9,11-13,20,27H,3-4,10,14-15H2,1-2H3,(H,28,29)(H,30,31,32,33). The number of aryl methyl sites for hydroxylation is 1. The Balaban J connectivity index is 1.69. The maximum atomic E-state index is 12.4. The Labute approximate surface area is 208 Å². The summed E-state index contributed by atoms with van der Waals surface area (Å²) in [4.78, 5) is 20.1. The van der Waals surface area contributed by atoms with E-state index in [4.69, 9.17) is 16.3 Å². The second kappa shape index (κ2) is 11.7. The summed E-state index contributed by atoms with van der Waals surface area (Å²) < 4.78 is 5.82. The number of benzene rings is 2. The van der Waals surface area contributed by atoms with Crippen molar-refractivity contribution in [2.75, 3.05) is 13.6 Å². The van der Waals surface area contributed by atoms with Crippen LogP contribution in [0.25, 0.3) is 22.5 Å². The van der Waals surface area contributed by atoms with Gasteiger partial charge in [0.15, 0.2) is 5.15 Å². The van der Waals surface area contributed by atoms with Crippen LogP contribution in [-0.4, -0.2) is 50.2 Å². The highest BCUT2D eigenvalue weighted by molar-refractivity contribution is 6.30. The van der Waals surface area contributed by atoms with Crippen LogP contribution in [0.3, 0.4) is 0 Å². The Hall–Kier alpha value is -3.56. The average molecular weight is 494 g/mol. The molecule has 0 bridgehead atoms. The van der Waals surface area contributed by atoms with E-state index in [-0.39, 0.29) is 12.5 Å². The Morgan fingerprint density at radius 3 is 2.71 bits per heavy atom. The number of unbranched alkanes of at least 4 members (excludes halogenated alkanes) is 1. The van der Waals surface area contributed by atoms with Gasteiger partial charge in [-0.05, 0) is 41.4 Å². The number of nitrogens with zero attached hydrogens (tertiary/aromatic N) is 4. The van der Waals surface area contributed by atoms with Crippen molar-refractivity contribution in [3.05, 3.63) is 70.8 Å². The maximum Gasteiger partial charge on any atom is 0.320 e. The number of H-pyrrole nitrogens is 2. The molecule has 1 unspecified atom stereocenters. The number of imidazole rings is 1. The molecule has 2 heterocycles. The van der Waals surface area contributed by atoms with Crippen molar-refractivity contribution in [3.63, 3.8) is 0 Å². The van der Waals surface area contributed by atoms with E-state index in [9.17, 15) is 4.79 Å². The Bertz CT molecular complexity index is 1240. The van der Waals surface area contributed by atoms with E-state index in [0.717, 1.165) is 47.3 Å². The van der Waals surface area contributed by atoms with Gasteiger partial charge in [0.05, 0.1) is 12.2 Å². The number of hydrogen-bond acceptors (Lipinski definition) is 7. The Kier molecular flexibility index (Phi) is 8.23. The minimum atomic E-state index is -0.632. The molecule has 4 rings (SSSR count). The predicted molar refractivity (Wildman–Crippen MR) is 134 cm³/mol. The highest BCUT2D eigenvalue weighted by Gasteiger charge is 2.24. The van der Waals surface area contributed by atoms with Crippen molar-refractivity contribution < 1.29 is 9.53 Å². The molecule has 0 spiro atoms. The van der Waals surface area contributed by atoms with Crippen LogP contribution in [-0.2, 0) is 22.4 Å². The van der Waals surface area contributed by atoms with Crippen LogP contribution in [0.2, 0.25) is 5.15 Å². The molecule has 0 aliphatic rings. The molecule has 1 atom stereocenters. The summed E-state index contributed by atoms with van der Waals surface area (Å²) in [5.74, 6) is 0.891. The number of ether oxygens (including phenoxy) is 1. The summed E-state index contributed by atoms with van der Waals surface area (Å²) in [6, 6.07) is 16.0. The molecule has 3 N–H and O–H groups in total. The lowest BCUT2D eigenvalue weighted by Crippen LogP contribution is -2.24. The van der Waals surface area contributed by atoms with Gasteiger partial charge >= 0.3 is 5.97 Å². The first kappa shape index (κ1) is 24.6. The van der Waals surface area contributed by atoms with Crippen LogP contribution in [0.15, 0.2) is 48.5 Å². The van der Waals surface area contributed by atoms with Crippen molar-refractivity contribution in [1.82, 2.24) is 35.9 Å². The zero-order valence-corrected chi connectivity index (χ0v) is 20.5. The SMILES string of the molecule is CCCCc1nc(Cl)c(C(Cc2ccc(-c3ccccc3)c(-c3nn[nH]n3)c2)OC(=O)CNC)[nH]1. The molecule has 10 heteroatoms. The molecular weight excluding hydrogens is 466 g/mol. The van der Waals surface area contributed by atoms with Crippen molar-refractivity contribution >= 4 is 17.6 Å². The molecule has 182 valence electrons. The third-order valence-corrected chi connectivity index (χ3v) is 5.88. The van der Waals surface area contributed by atoms with Crippen LogP contribution in [0.1, 0.15) is 43.0 Å². The number of halogens is 1. The lowest BCUT2D eigenvalue weighted by atomic mass is 9.95. The molecule has 35 heavy (non-hydrogen) atoms. The summed E-state index contributed by atoms with van der Waals surface area (Å²) in [6.07, 6.45) is 2.57. The molecule has 9 nitrogen and oxygen atoms in total. The van der Waals surface area contributed by atoms with E-state index in [1.807, 2.05) is 48.5 Å². The van der Waals surface area contributed by atoms with Gasteiger partial charge in [-0.25, -0.2) is 4.98 Å². The van der Waals surface area contributed by atoms with Gasteiger partial charge in [-0.3, -0.25) is 4.79 Å². The number of carbonyl (C=O) groups is 1. The molecule has 0 radical (unpaired) electrons. The number of carbonyl (C=O) groups excluding carboxylic acids is 1. The number of likely N-dealkylation sites (N-methyl/N-ethyl adjacent to an activating group) is 1. The van der Waals surface area contributed by atoms with Crippen LogP contribution in [0.5, 0.6) is 0 Å². The molecule has 2 aromatic carbocycles. The molecular formula is C25H28ClN7O2. The number of rotatable bonds is 11. The topological polar surface area (TPSA) is 121 Å². The van der Waals surface area contributed by atoms with Gasteiger partial charge in [0.1, 0.15) is 11.9 Å². The average Bonchev–Trinajstić information content (AvgIpc) is 3.53. The first-order chi connectivity index (χ1) is 17.1. The number of tetrazole rings is 1. The molecule has 2 aromatic heterocycles. The fraction of sp³-hybridized carbons (Fsp3) is 0.320. The summed E-state index contributed by atoms with van der Waals surface area (Å²) in [5, 5.41) is 17.8. The van der Waals surface area contributed by atoms with Crippen LogP contribution in [0.4, 0.5) is 0 Å². The smallest absolute Gasteiger partial charge is 0.320 e. The third kappa shape index (κ3) is 6.12. The van der Waals surface area contributed by atoms with Gasteiger partial charge in [0, 0.05) is 18.4 Å². The van der Waals surface area contributed by atoms with Crippen molar-refractivity contribution in [1.29, 1.82) is 0 Å². The van der Waals surface area contributed by atoms with Crippen LogP contribution < -0.4 is 5.32 Å². The number of nitrogens with one attached hydrogen (secondary N) is 3. The first-order valence-corrected chi connectivity index (χ1v) is 12.0. The quantitative estimate of drug-likeness (QED) is 0.266. The van der Waals surface area contributed by atoms with Crippen molar-refractivity contribution in [2.24, 2.45) is 0 Å². The highest BCUT2D eigenvalue weighted by atomic mass is 35.5. The fourth-order valence-corrected chi connectivity index (χ4v) is 4.17. The maximum absolute atomic E-state index is 12.4. The number of esters is 1. The third-order valence-electron chi connectivity index (χ3n) is 5.59. The predicted octanol–water partition coefficient (Wildman–Crippen LogP) is 4.30. The van der Waals surface area contributed by atoms with Crippen LogP contribution >= 0.6 is 11.6 Å². The number of aromatic nitrogens is 6. The highest BCUT2D eigenvalue weighted by Crippen LogP contribution is 2.33. The molecule has 0 aliphatic heterocycles. The van der Waals surface area contributed by atoms with Gasteiger partial charge in [0.25, 0.3) is 0 Å². The van der Waals surface area contributed by atoms with Gasteiger partial charge < -0.3 is 15.0 Å². The minimum Gasteiger partial charge on any atom is -0.454 e. The molecule has 4 aromatic rings. The second-order valence-electron chi connectivity index (χ2n) is 8.19. The van der Waals surface area contributed by atoms with Gasteiger partial charge in [-0.2, -0.15) is 5.21 Å². The molecule has 0 aliphatic carbocycles. The zero-order valence-electron chi connectivity index (χ0n) is 19.7. The Morgan fingerprint density at radius 1 is 1.17 bits per heavy atom. The second-order valence-corrected chi connectivity index (χ2v) is 8.54. The molecule has 0 fully saturated rings. The van der Waals surface area contributed by atoms with E-state index in [0.29, 0.717) is 23.1 Å². The normalized spacial score (nSPS) is 12.0. The van der Waals surface area contributed by atoms with Gasteiger partial charge in [0.2, 0.25) is 5.82 Å². The summed E-state index contributed by atoms with van der Waals surface area (Å²) in [5.41, 5.74) is 4.35. The lowest BCUT2D eigenvalue weighted by Gasteiger charge is -2.18. The number of aromatic amines is 2. The monoisotopic (exact) mass is 493 g/mol. The number of hydrogen-bond donors (Lipinski definition) is 3. The van der Waals surface area contributed by atoms with Crippen LogP contribution in [0, 0.1) is 0 Å². The van der Waals surface area contributed by atoms with Crippen molar-refractivity contribution in [2.45, 2.75) is 38.7 Å². The van der Waals surface area contributed by atoms with Crippen molar-refractivity contribution in [3.8, 4) is 22.5 Å². The van der Waals surface area contributed by atoms with E-state index < -0.39 is 6.10 Å². The van der Waals surface area contributed by atoms with E-state index in [1.165, 1.54) is 0 Å². The summed E-state index contributed by atoms with van der Waals surface area (Å²) in [7, 11) is 1.70. The Morgan fingerprint density at radius 2 is 2.00 bits per heavy atom. The van der Waals surface area contributed by atoms with E-state index in [2.05, 4.69) is 42.8 Å². The fourth-order valence-electron chi connectivity index (χ4n) is 3.90. The first-order valence-electron chi connectivity index (χ1n) is 11.6. The summed E-state index contributed by atoms with van der Waals surface area (Å²) >= 11 is 6.48. The molecule has 0 amide bonds. The largest absolute Gasteiger partial charge is 0.454 e. The molecule has 0 saturated carbocycles. The summed E-state index contributed by atoms with van der Waals surface area (Å²) in [6.45, 7) is 2.21. The zero-order chi connectivity index (χ0) is 24.6.